The number of nitrogens with zero attached hydrogens (tertiary/aromatic N) is 1. The molecule has 1 unspecified atom stereocenters. The quantitative estimate of drug-likeness (QED) is 0.845. The number of anilines is 1. The smallest absolute Gasteiger partial charge is 0.311 e. The first-order valence-electron chi connectivity index (χ1n) is 7.67. The molecule has 1 N–H and O–H groups in total. The molecule has 5 heteroatoms. The van der Waals surface area contributed by atoms with Crippen LogP contribution in [0.2, 0.25) is 0 Å². The lowest BCUT2D eigenvalue weighted by atomic mass is 9.91. The van der Waals surface area contributed by atoms with Crippen molar-refractivity contribution >= 4 is 11.7 Å². The third-order valence-corrected chi connectivity index (χ3v) is 4.01. The van der Waals surface area contributed by atoms with Crippen molar-refractivity contribution in [3.8, 4) is 11.5 Å². The summed E-state index contributed by atoms with van der Waals surface area (Å²) in [7, 11) is 7.03. The van der Waals surface area contributed by atoms with Crippen LogP contribution in [-0.4, -0.2) is 39.4 Å². The Hall–Kier alpha value is -2.69. The topological polar surface area (TPSA) is 59.0 Å². The van der Waals surface area contributed by atoms with Crippen molar-refractivity contribution in [2.24, 2.45) is 0 Å². The normalized spacial score (nSPS) is 11.7. The van der Waals surface area contributed by atoms with Gasteiger partial charge >= 0.3 is 5.97 Å². The van der Waals surface area contributed by atoms with Crippen LogP contribution in [0.3, 0.4) is 0 Å². The highest BCUT2D eigenvalue weighted by atomic mass is 16.5. The predicted molar refractivity (Wildman–Crippen MR) is 94.4 cm³/mol. The maximum absolute atomic E-state index is 11.8. The third-order valence-electron chi connectivity index (χ3n) is 4.01. The fourth-order valence-corrected chi connectivity index (χ4v) is 2.60. The monoisotopic (exact) mass is 329 g/mol. The van der Waals surface area contributed by atoms with Crippen molar-refractivity contribution in [3.05, 3.63) is 53.6 Å². The number of carboxylic acids is 1. The van der Waals surface area contributed by atoms with Gasteiger partial charge in [0.25, 0.3) is 0 Å². The standard InChI is InChI=1S/C19H23NO4/c1-20(2)14-7-5-13(6-8-14)11-17(19(21)22)16-10-9-15(23-3)12-18(16)24-4/h5-10,12,17H,11H2,1-4H3,(H,21,22). The molecule has 0 bridgehead atoms. The lowest BCUT2D eigenvalue weighted by Gasteiger charge is -2.18. The Morgan fingerprint density at radius 3 is 2.25 bits per heavy atom. The van der Waals surface area contributed by atoms with E-state index in [9.17, 15) is 9.90 Å². The molecule has 0 spiro atoms. The average Bonchev–Trinajstić information content (AvgIpc) is 2.59. The van der Waals surface area contributed by atoms with Crippen molar-refractivity contribution in [2.45, 2.75) is 12.3 Å². The molecule has 2 rings (SSSR count). The molecule has 5 nitrogen and oxygen atoms in total. The summed E-state index contributed by atoms with van der Waals surface area (Å²) in [6.07, 6.45) is 0.395. The van der Waals surface area contributed by atoms with Crippen LogP contribution in [0.4, 0.5) is 5.69 Å². The third kappa shape index (κ3) is 3.98. The van der Waals surface area contributed by atoms with E-state index in [1.807, 2.05) is 43.3 Å². The van der Waals surface area contributed by atoms with Crippen LogP contribution < -0.4 is 14.4 Å². The summed E-state index contributed by atoms with van der Waals surface area (Å²) in [4.78, 5) is 13.8. The molecule has 0 saturated carbocycles. The van der Waals surface area contributed by atoms with Crippen LogP contribution in [-0.2, 0) is 11.2 Å². The van der Waals surface area contributed by atoms with Crippen LogP contribution in [0.5, 0.6) is 11.5 Å². The number of hydrogen-bond acceptors (Lipinski definition) is 4. The number of carbonyl (C=O) groups is 1. The van der Waals surface area contributed by atoms with Crippen LogP contribution in [0.25, 0.3) is 0 Å². The van der Waals surface area contributed by atoms with E-state index in [-0.39, 0.29) is 0 Å². The molecule has 0 aromatic heterocycles. The Kier molecular flexibility index (Phi) is 5.68. The van der Waals surface area contributed by atoms with Gasteiger partial charge in [-0.1, -0.05) is 18.2 Å². The minimum atomic E-state index is -0.879. The van der Waals surface area contributed by atoms with Crippen LogP contribution in [0.1, 0.15) is 17.0 Å². The Labute approximate surface area is 142 Å². The number of carboxylic acid groups (broad SMARTS) is 1. The maximum atomic E-state index is 11.8. The highest BCUT2D eigenvalue weighted by Gasteiger charge is 2.24. The Morgan fingerprint density at radius 1 is 1.08 bits per heavy atom. The Bertz CT molecular complexity index is 695. The van der Waals surface area contributed by atoms with Crippen molar-refractivity contribution in [3.63, 3.8) is 0 Å². The summed E-state index contributed by atoms with van der Waals surface area (Å²) in [5, 5.41) is 9.68. The van der Waals surface area contributed by atoms with Crippen molar-refractivity contribution < 1.29 is 19.4 Å². The second-order valence-electron chi connectivity index (χ2n) is 5.76. The second kappa shape index (κ2) is 7.73. The molecule has 1 atom stereocenters. The highest BCUT2D eigenvalue weighted by molar-refractivity contribution is 5.78. The zero-order chi connectivity index (χ0) is 17.7. The Balaban J connectivity index is 2.31. The molecule has 24 heavy (non-hydrogen) atoms. The summed E-state index contributed by atoms with van der Waals surface area (Å²) in [5.41, 5.74) is 2.68. The largest absolute Gasteiger partial charge is 0.497 e. The summed E-state index contributed by atoms with van der Waals surface area (Å²) in [6, 6.07) is 13.1. The summed E-state index contributed by atoms with van der Waals surface area (Å²) >= 11 is 0. The molecular formula is C19H23NO4. The van der Waals surface area contributed by atoms with E-state index in [0.717, 1.165) is 11.3 Å². The molecule has 0 heterocycles. The van der Waals surface area contributed by atoms with Gasteiger partial charge in [-0.05, 0) is 30.2 Å². The molecule has 2 aromatic carbocycles. The van der Waals surface area contributed by atoms with E-state index in [2.05, 4.69) is 0 Å². The van der Waals surface area contributed by atoms with E-state index in [4.69, 9.17) is 9.47 Å². The molecule has 0 radical (unpaired) electrons. The van der Waals surface area contributed by atoms with Gasteiger partial charge in [0, 0.05) is 31.4 Å². The number of aliphatic carboxylic acids is 1. The summed E-state index contributed by atoms with van der Waals surface area (Å²) in [6.45, 7) is 0. The number of ether oxygens (including phenoxy) is 2. The molecule has 2 aromatic rings. The lowest BCUT2D eigenvalue weighted by molar-refractivity contribution is -0.138. The molecule has 0 saturated heterocycles. The van der Waals surface area contributed by atoms with Gasteiger partial charge in [0.2, 0.25) is 0 Å². The SMILES string of the molecule is COc1ccc(C(Cc2ccc(N(C)C)cc2)C(=O)O)c(OC)c1. The molecule has 0 aliphatic heterocycles. The number of methoxy groups -OCH3 is 2. The maximum Gasteiger partial charge on any atom is 0.311 e. The summed E-state index contributed by atoms with van der Waals surface area (Å²) in [5.74, 6) is -0.409. The predicted octanol–water partition coefficient (Wildman–Crippen LogP) is 3.18. The fraction of sp³-hybridized carbons (Fsp3) is 0.316. The number of benzene rings is 2. The molecular weight excluding hydrogens is 306 g/mol. The minimum Gasteiger partial charge on any atom is -0.497 e. The van der Waals surface area contributed by atoms with Gasteiger partial charge in [-0.3, -0.25) is 4.79 Å². The molecule has 128 valence electrons. The van der Waals surface area contributed by atoms with Crippen LogP contribution >= 0.6 is 0 Å². The van der Waals surface area contributed by atoms with Gasteiger partial charge in [-0.15, -0.1) is 0 Å². The van der Waals surface area contributed by atoms with Gasteiger partial charge in [-0.25, -0.2) is 0 Å². The highest BCUT2D eigenvalue weighted by Crippen LogP contribution is 2.33. The molecule has 0 fully saturated rings. The number of rotatable bonds is 7. The molecule has 0 amide bonds. The molecule has 0 aliphatic carbocycles. The van der Waals surface area contributed by atoms with Gasteiger partial charge < -0.3 is 19.5 Å². The zero-order valence-corrected chi connectivity index (χ0v) is 14.4. The minimum absolute atomic E-state index is 0.395. The fourth-order valence-electron chi connectivity index (χ4n) is 2.60. The van der Waals surface area contributed by atoms with Crippen LogP contribution in [0, 0.1) is 0 Å². The van der Waals surface area contributed by atoms with Crippen molar-refractivity contribution in [1.82, 2.24) is 0 Å². The van der Waals surface area contributed by atoms with Gasteiger partial charge in [0.15, 0.2) is 0 Å². The van der Waals surface area contributed by atoms with E-state index < -0.39 is 11.9 Å². The lowest BCUT2D eigenvalue weighted by Crippen LogP contribution is -2.16. The molecule has 0 aliphatic rings. The van der Waals surface area contributed by atoms with E-state index >= 15 is 0 Å². The summed E-state index contributed by atoms with van der Waals surface area (Å²) < 4.78 is 10.5. The first-order chi connectivity index (χ1) is 11.5. The van der Waals surface area contributed by atoms with Gasteiger partial charge in [0.1, 0.15) is 11.5 Å². The van der Waals surface area contributed by atoms with E-state index in [1.165, 1.54) is 7.11 Å². The Morgan fingerprint density at radius 2 is 1.75 bits per heavy atom. The van der Waals surface area contributed by atoms with Crippen molar-refractivity contribution in [1.29, 1.82) is 0 Å². The van der Waals surface area contributed by atoms with Crippen molar-refractivity contribution in [2.75, 3.05) is 33.2 Å². The van der Waals surface area contributed by atoms with Gasteiger partial charge in [0.05, 0.1) is 20.1 Å². The first-order valence-corrected chi connectivity index (χ1v) is 7.67. The van der Waals surface area contributed by atoms with E-state index in [1.54, 1.807) is 25.3 Å². The second-order valence-corrected chi connectivity index (χ2v) is 5.76. The zero-order valence-electron chi connectivity index (χ0n) is 14.4. The van der Waals surface area contributed by atoms with Gasteiger partial charge in [-0.2, -0.15) is 0 Å². The van der Waals surface area contributed by atoms with E-state index in [0.29, 0.717) is 23.5 Å². The first kappa shape index (κ1) is 17.7. The van der Waals surface area contributed by atoms with Crippen LogP contribution in [0.15, 0.2) is 42.5 Å². The number of hydrogen-bond donors (Lipinski definition) is 1. The average molecular weight is 329 g/mol.